The molecule has 11 heavy (non-hydrogen) atoms. The Bertz CT molecular complexity index is 372. The zero-order chi connectivity index (χ0) is 8.39. The van der Waals surface area contributed by atoms with E-state index in [0.29, 0.717) is 5.89 Å². The molecule has 3 heteroatoms. The number of rotatable bonds is 1. The molecule has 1 heterocycles. The van der Waals surface area contributed by atoms with Gasteiger partial charge in [0, 0.05) is 5.56 Å². The van der Waals surface area contributed by atoms with Gasteiger partial charge < -0.3 is 4.52 Å². The summed E-state index contributed by atoms with van der Waals surface area (Å²) in [4.78, 5) is 3.77. The van der Waals surface area contributed by atoms with Gasteiger partial charge in [-0.2, -0.15) is 4.98 Å². The first-order valence-corrected chi connectivity index (χ1v) is 3.22. The van der Waals surface area contributed by atoms with Gasteiger partial charge in [0.25, 0.3) is 5.89 Å². The summed E-state index contributed by atoms with van der Waals surface area (Å²) in [6.07, 6.45) is -0.0890. The van der Waals surface area contributed by atoms with Crippen molar-refractivity contribution in [2.45, 2.75) is 0 Å². The lowest BCUT2D eigenvalue weighted by Crippen LogP contribution is -1.73. The van der Waals surface area contributed by atoms with E-state index in [1.54, 1.807) is 0 Å². The van der Waals surface area contributed by atoms with E-state index in [4.69, 9.17) is 5.89 Å². The lowest BCUT2D eigenvalue weighted by Gasteiger charge is -1.89. The van der Waals surface area contributed by atoms with Crippen LogP contribution in [0.1, 0.15) is 1.37 Å². The molecule has 0 bridgehead atoms. The van der Waals surface area contributed by atoms with E-state index >= 15 is 0 Å². The summed E-state index contributed by atoms with van der Waals surface area (Å²) in [5.41, 5.74) is 0.837. The number of hydrogen-bond donors (Lipinski definition) is 0. The highest BCUT2D eigenvalue weighted by atomic mass is 16.5. The molecule has 0 spiro atoms. The molecular formula is C8H6N2O. The van der Waals surface area contributed by atoms with Gasteiger partial charge >= 0.3 is 0 Å². The molecular weight excluding hydrogens is 140 g/mol. The highest BCUT2D eigenvalue weighted by Crippen LogP contribution is 2.13. The van der Waals surface area contributed by atoms with Gasteiger partial charge in [-0.3, -0.25) is 0 Å². The Kier molecular flexibility index (Phi) is 1.17. The molecule has 0 aliphatic heterocycles. The van der Waals surface area contributed by atoms with Crippen molar-refractivity contribution in [3.05, 3.63) is 36.6 Å². The zero-order valence-electron chi connectivity index (χ0n) is 6.69. The van der Waals surface area contributed by atoms with E-state index < -0.39 is 0 Å². The first-order chi connectivity index (χ1) is 5.86. The van der Waals surface area contributed by atoms with E-state index in [1.165, 1.54) is 0 Å². The maximum atomic E-state index is 7.05. The highest BCUT2D eigenvalue weighted by molar-refractivity contribution is 5.51. The predicted molar refractivity (Wildman–Crippen MR) is 39.7 cm³/mol. The molecule has 0 unspecified atom stereocenters. The first kappa shape index (κ1) is 5.07. The van der Waals surface area contributed by atoms with Gasteiger partial charge in [-0.25, -0.2) is 0 Å². The van der Waals surface area contributed by atoms with Crippen LogP contribution < -0.4 is 0 Å². The molecule has 0 saturated heterocycles. The van der Waals surface area contributed by atoms with Gasteiger partial charge in [-0.1, -0.05) is 23.4 Å². The fourth-order valence-corrected chi connectivity index (χ4v) is 0.848. The highest BCUT2D eigenvalue weighted by Gasteiger charge is 1.99. The van der Waals surface area contributed by atoms with E-state index in [0.717, 1.165) is 5.56 Å². The molecule has 54 valence electrons. The predicted octanol–water partition coefficient (Wildman–Crippen LogP) is 1.74. The van der Waals surface area contributed by atoms with Crippen LogP contribution in [0.5, 0.6) is 0 Å². The summed E-state index contributed by atoms with van der Waals surface area (Å²) in [6.45, 7) is 0. The summed E-state index contributed by atoms with van der Waals surface area (Å²) in [5.74, 6) is 0.389. The molecule has 2 rings (SSSR count). The minimum atomic E-state index is -0.0890. The van der Waals surface area contributed by atoms with Crippen LogP contribution in [-0.4, -0.2) is 10.1 Å². The first-order valence-electron chi connectivity index (χ1n) is 3.72. The van der Waals surface area contributed by atoms with Crippen LogP contribution in [0.3, 0.4) is 0 Å². The Morgan fingerprint density at radius 3 is 2.73 bits per heavy atom. The molecule has 0 fully saturated rings. The molecule has 0 radical (unpaired) electrons. The summed E-state index contributed by atoms with van der Waals surface area (Å²) >= 11 is 0. The van der Waals surface area contributed by atoms with E-state index in [2.05, 4.69) is 10.1 Å². The van der Waals surface area contributed by atoms with Crippen molar-refractivity contribution in [2.24, 2.45) is 0 Å². The van der Waals surface area contributed by atoms with Gasteiger partial charge in [0.2, 0.25) is 0 Å². The van der Waals surface area contributed by atoms with E-state index in [1.807, 2.05) is 30.3 Å². The molecule has 0 aliphatic carbocycles. The smallest absolute Gasteiger partial charge is 0.257 e. The third-order valence-electron chi connectivity index (χ3n) is 1.35. The van der Waals surface area contributed by atoms with Gasteiger partial charge in [0.05, 0.1) is 0 Å². The molecule has 0 amide bonds. The van der Waals surface area contributed by atoms with Crippen LogP contribution in [0, 0.1) is 0 Å². The Hall–Kier alpha value is -1.64. The Labute approximate surface area is 65.1 Å². The second kappa shape index (κ2) is 2.54. The normalized spacial score (nSPS) is 11.1. The van der Waals surface area contributed by atoms with Gasteiger partial charge in [0.15, 0.2) is 6.30 Å². The van der Waals surface area contributed by atoms with Crippen LogP contribution in [0.25, 0.3) is 11.5 Å². The lowest BCUT2D eigenvalue weighted by molar-refractivity contribution is 0.430. The minimum absolute atomic E-state index is 0.0890. The molecule has 1 aromatic heterocycles. The standard InChI is InChI=1S/C8H6N2O/c1-2-4-7(5-3-1)8-9-6-10-11-8/h1-6H/i6D. The fraction of sp³-hybridized carbons (Fsp3) is 0. The largest absolute Gasteiger partial charge is 0.334 e. The summed E-state index contributed by atoms with van der Waals surface area (Å²) in [6, 6.07) is 9.37. The maximum Gasteiger partial charge on any atom is 0.257 e. The molecule has 0 N–H and O–H groups in total. The van der Waals surface area contributed by atoms with E-state index in [-0.39, 0.29) is 6.30 Å². The van der Waals surface area contributed by atoms with Crippen molar-refractivity contribution in [2.75, 3.05) is 0 Å². The molecule has 3 nitrogen and oxygen atoms in total. The van der Waals surface area contributed by atoms with Crippen LogP contribution in [0.2, 0.25) is 0 Å². The molecule has 2 aromatic rings. The quantitative estimate of drug-likeness (QED) is 0.616. The van der Waals surface area contributed by atoms with Crippen molar-refractivity contribution in [1.29, 1.82) is 0 Å². The molecule has 0 saturated carbocycles. The summed E-state index contributed by atoms with van der Waals surface area (Å²) in [7, 11) is 0. The van der Waals surface area contributed by atoms with Crippen molar-refractivity contribution < 1.29 is 5.89 Å². The molecule has 1 aromatic carbocycles. The lowest BCUT2D eigenvalue weighted by atomic mass is 10.2. The Balaban J connectivity index is 2.45. The number of benzene rings is 1. The average molecular weight is 147 g/mol. The van der Waals surface area contributed by atoms with Crippen LogP contribution in [-0.2, 0) is 0 Å². The number of nitrogens with zero attached hydrogens (tertiary/aromatic N) is 2. The molecule has 0 aliphatic rings. The van der Waals surface area contributed by atoms with Crippen molar-refractivity contribution in [3.63, 3.8) is 0 Å². The number of aromatic nitrogens is 2. The minimum Gasteiger partial charge on any atom is -0.334 e. The monoisotopic (exact) mass is 147 g/mol. The maximum absolute atomic E-state index is 7.05. The van der Waals surface area contributed by atoms with Crippen LogP contribution in [0.15, 0.2) is 41.2 Å². The van der Waals surface area contributed by atoms with Crippen molar-refractivity contribution in [3.8, 4) is 11.5 Å². The second-order valence-corrected chi connectivity index (χ2v) is 2.07. The van der Waals surface area contributed by atoms with Crippen molar-refractivity contribution in [1.82, 2.24) is 10.1 Å². The molecule has 0 atom stereocenters. The third kappa shape index (κ3) is 1.12. The van der Waals surface area contributed by atoms with E-state index in [9.17, 15) is 0 Å². The SMILES string of the molecule is [2H]c1noc(-c2ccccc2)n1. The van der Waals surface area contributed by atoms with Gasteiger partial charge in [-0.15, -0.1) is 0 Å². The summed E-state index contributed by atoms with van der Waals surface area (Å²) in [5, 5.41) is 3.37. The number of hydrogen-bond acceptors (Lipinski definition) is 3. The van der Waals surface area contributed by atoms with Gasteiger partial charge in [-0.05, 0) is 12.1 Å². The van der Waals surface area contributed by atoms with Crippen LogP contribution in [0.4, 0.5) is 0 Å². The average Bonchev–Trinajstić information content (AvgIpc) is 2.54. The fourth-order valence-electron chi connectivity index (χ4n) is 0.848. The van der Waals surface area contributed by atoms with Crippen LogP contribution >= 0.6 is 0 Å². The van der Waals surface area contributed by atoms with Crippen molar-refractivity contribution >= 4 is 0 Å². The van der Waals surface area contributed by atoms with Gasteiger partial charge in [0.1, 0.15) is 1.37 Å². The Morgan fingerprint density at radius 2 is 2.09 bits per heavy atom. The third-order valence-corrected chi connectivity index (χ3v) is 1.35. The zero-order valence-corrected chi connectivity index (χ0v) is 5.69. The second-order valence-electron chi connectivity index (χ2n) is 2.07. The Morgan fingerprint density at radius 1 is 1.27 bits per heavy atom. The summed E-state index contributed by atoms with van der Waals surface area (Å²) < 4.78 is 11.9. The topological polar surface area (TPSA) is 38.9 Å².